The number of nitrogens with zero attached hydrogens (tertiary/aromatic N) is 5. The van der Waals surface area contributed by atoms with Crippen LogP contribution in [0.5, 0.6) is 5.88 Å². The maximum atomic E-state index is 12.6. The Bertz CT molecular complexity index is 757. The molecule has 2 amide bonds. The summed E-state index contributed by atoms with van der Waals surface area (Å²) in [4.78, 5) is 32.7. The molecular weight excluding hydrogens is 324 g/mol. The van der Waals surface area contributed by atoms with E-state index in [0.717, 1.165) is 0 Å². The number of methoxy groups -OCH3 is 1. The molecule has 0 saturated carbocycles. The molecule has 1 saturated heterocycles. The van der Waals surface area contributed by atoms with Gasteiger partial charge in [0.05, 0.1) is 18.4 Å². The molecule has 0 spiro atoms. The zero-order valence-electron chi connectivity index (χ0n) is 14.2. The van der Waals surface area contributed by atoms with Crippen LogP contribution in [0.2, 0.25) is 0 Å². The smallest absolute Gasteiger partial charge is 0.276 e. The van der Waals surface area contributed by atoms with Gasteiger partial charge in [-0.2, -0.15) is 15.4 Å². The standard InChI is InChI=1S/C16H20N6O3/c1-11-14(19-20-18-11)16(24)22-7-3-6-21(8-9-22)15(23)12-4-5-13(25-2)17-10-12/h4-5,10H,3,6-9H2,1-2H3,(H,18,19,20). The molecule has 0 aromatic carbocycles. The highest BCUT2D eigenvalue weighted by molar-refractivity contribution is 5.95. The highest BCUT2D eigenvalue weighted by atomic mass is 16.5. The maximum Gasteiger partial charge on any atom is 0.276 e. The van der Waals surface area contributed by atoms with Gasteiger partial charge in [0, 0.05) is 38.4 Å². The number of hydrogen-bond acceptors (Lipinski definition) is 6. The average molecular weight is 344 g/mol. The number of rotatable bonds is 3. The van der Waals surface area contributed by atoms with E-state index in [-0.39, 0.29) is 11.8 Å². The van der Waals surface area contributed by atoms with E-state index < -0.39 is 0 Å². The van der Waals surface area contributed by atoms with Crippen LogP contribution in [0, 0.1) is 6.92 Å². The number of hydrogen-bond donors (Lipinski definition) is 1. The lowest BCUT2D eigenvalue weighted by molar-refractivity contribution is 0.0715. The molecular formula is C16H20N6O3. The van der Waals surface area contributed by atoms with Crippen LogP contribution in [0.3, 0.4) is 0 Å². The van der Waals surface area contributed by atoms with E-state index >= 15 is 0 Å². The van der Waals surface area contributed by atoms with Crippen LogP contribution in [0.15, 0.2) is 18.3 Å². The van der Waals surface area contributed by atoms with E-state index in [1.54, 1.807) is 28.9 Å². The van der Waals surface area contributed by atoms with Gasteiger partial charge in [-0.1, -0.05) is 0 Å². The minimum atomic E-state index is -0.160. The molecule has 2 aromatic rings. The van der Waals surface area contributed by atoms with Gasteiger partial charge in [-0.15, -0.1) is 0 Å². The van der Waals surface area contributed by atoms with Gasteiger partial charge in [-0.3, -0.25) is 9.59 Å². The fraction of sp³-hybridized carbons (Fsp3) is 0.438. The predicted molar refractivity (Wildman–Crippen MR) is 88.3 cm³/mol. The van der Waals surface area contributed by atoms with E-state index in [9.17, 15) is 9.59 Å². The van der Waals surface area contributed by atoms with Crippen LogP contribution in [-0.4, -0.2) is 75.3 Å². The number of aromatic amines is 1. The zero-order chi connectivity index (χ0) is 17.8. The molecule has 2 aromatic heterocycles. The summed E-state index contributed by atoms with van der Waals surface area (Å²) in [5.74, 6) is 0.209. The molecule has 3 rings (SSSR count). The molecule has 0 radical (unpaired) electrons. The third-order valence-corrected chi connectivity index (χ3v) is 4.19. The summed E-state index contributed by atoms with van der Waals surface area (Å²) in [6.45, 7) is 3.83. The van der Waals surface area contributed by atoms with Crippen molar-refractivity contribution < 1.29 is 14.3 Å². The Morgan fingerprint density at radius 3 is 2.36 bits per heavy atom. The first-order valence-corrected chi connectivity index (χ1v) is 8.06. The molecule has 132 valence electrons. The Kier molecular flexibility index (Phi) is 4.92. The summed E-state index contributed by atoms with van der Waals surface area (Å²) in [5.41, 5.74) is 1.42. The number of aryl methyl sites for hydroxylation is 1. The largest absolute Gasteiger partial charge is 0.481 e. The van der Waals surface area contributed by atoms with Crippen molar-refractivity contribution in [2.75, 3.05) is 33.3 Å². The first kappa shape index (κ1) is 16.9. The number of H-pyrrole nitrogens is 1. The highest BCUT2D eigenvalue weighted by Crippen LogP contribution is 2.13. The normalized spacial score (nSPS) is 15.0. The molecule has 1 aliphatic rings. The average Bonchev–Trinajstić information content (AvgIpc) is 2.92. The quantitative estimate of drug-likeness (QED) is 0.870. The van der Waals surface area contributed by atoms with Gasteiger partial charge in [0.1, 0.15) is 0 Å². The third kappa shape index (κ3) is 3.59. The minimum Gasteiger partial charge on any atom is -0.481 e. The minimum absolute atomic E-state index is 0.0953. The van der Waals surface area contributed by atoms with Gasteiger partial charge < -0.3 is 14.5 Å². The summed E-state index contributed by atoms with van der Waals surface area (Å²) in [6.07, 6.45) is 2.21. The molecule has 0 aliphatic carbocycles. The van der Waals surface area contributed by atoms with Gasteiger partial charge in [-0.25, -0.2) is 4.98 Å². The Morgan fingerprint density at radius 2 is 1.80 bits per heavy atom. The van der Waals surface area contributed by atoms with Crippen LogP contribution < -0.4 is 4.74 Å². The van der Waals surface area contributed by atoms with Gasteiger partial charge in [0.2, 0.25) is 5.88 Å². The molecule has 1 N–H and O–H groups in total. The lowest BCUT2D eigenvalue weighted by Crippen LogP contribution is -2.37. The van der Waals surface area contributed by atoms with Crippen molar-refractivity contribution in [3.05, 3.63) is 35.3 Å². The second-order valence-corrected chi connectivity index (χ2v) is 5.78. The number of nitrogens with one attached hydrogen (secondary N) is 1. The molecule has 9 heteroatoms. The summed E-state index contributed by atoms with van der Waals surface area (Å²) in [7, 11) is 1.53. The number of ether oxygens (including phenoxy) is 1. The first-order valence-electron chi connectivity index (χ1n) is 8.06. The van der Waals surface area contributed by atoms with Gasteiger partial charge >= 0.3 is 0 Å². The van der Waals surface area contributed by atoms with E-state index in [4.69, 9.17) is 4.74 Å². The Balaban J connectivity index is 1.65. The number of amides is 2. The molecule has 0 bridgehead atoms. The number of aromatic nitrogens is 4. The van der Waals surface area contributed by atoms with E-state index in [1.807, 2.05) is 0 Å². The van der Waals surface area contributed by atoms with Gasteiger partial charge in [0.15, 0.2) is 5.69 Å². The van der Waals surface area contributed by atoms with Crippen molar-refractivity contribution in [2.45, 2.75) is 13.3 Å². The van der Waals surface area contributed by atoms with Crippen molar-refractivity contribution in [3.63, 3.8) is 0 Å². The van der Waals surface area contributed by atoms with Crippen LogP contribution in [0.4, 0.5) is 0 Å². The van der Waals surface area contributed by atoms with Gasteiger partial charge in [0.25, 0.3) is 11.8 Å². The number of carbonyl (C=O) groups excluding carboxylic acids is 2. The topological polar surface area (TPSA) is 104 Å². The van der Waals surface area contributed by atoms with Crippen LogP contribution in [0.1, 0.15) is 33.0 Å². The zero-order valence-corrected chi connectivity index (χ0v) is 14.2. The lowest BCUT2D eigenvalue weighted by Gasteiger charge is -2.21. The molecule has 9 nitrogen and oxygen atoms in total. The van der Waals surface area contributed by atoms with Gasteiger partial charge in [-0.05, 0) is 19.4 Å². The van der Waals surface area contributed by atoms with E-state index in [0.29, 0.717) is 55.4 Å². The Morgan fingerprint density at radius 1 is 1.08 bits per heavy atom. The highest BCUT2D eigenvalue weighted by Gasteiger charge is 2.25. The lowest BCUT2D eigenvalue weighted by atomic mass is 10.2. The second kappa shape index (κ2) is 7.29. The predicted octanol–water partition coefficient (Wildman–Crippen LogP) is 0.505. The molecule has 1 fully saturated rings. The van der Waals surface area contributed by atoms with Crippen molar-refractivity contribution in [1.82, 2.24) is 30.2 Å². The summed E-state index contributed by atoms with van der Waals surface area (Å²) in [5, 5.41) is 10.3. The van der Waals surface area contributed by atoms with Crippen LogP contribution in [0.25, 0.3) is 0 Å². The monoisotopic (exact) mass is 344 g/mol. The number of carbonyl (C=O) groups is 2. The van der Waals surface area contributed by atoms with Crippen LogP contribution in [-0.2, 0) is 0 Å². The van der Waals surface area contributed by atoms with Crippen molar-refractivity contribution in [2.24, 2.45) is 0 Å². The molecule has 0 unspecified atom stereocenters. The fourth-order valence-electron chi connectivity index (χ4n) is 2.77. The Labute approximate surface area is 145 Å². The molecule has 25 heavy (non-hydrogen) atoms. The fourth-order valence-corrected chi connectivity index (χ4v) is 2.77. The summed E-state index contributed by atoms with van der Waals surface area (Å²) < 4.78 is 5.01. The number of pyridine rings is 1. The molecule has 3 heterocycles. The second-order valence-electron chi connectivity index (χ2n) is 5.78. The van der Waals surface area contributed by atoms with Crippen molar-refractivity contribution in [3.8, 4) is 5.88 Å². The SMILES string of the molecule is COc1ccc(C(=O)N2CCCN(C(=O)c3n[nH]nc3C)CC2)cn1. The maximum absolute atomic E-state index is 12.6. The van der Waals surface area contributed by atoms with E-state index in [1.165, 1.54) is 13.3 Å². The van der Waals surface area contributed by atoms with Crippen molar-refractivity contribution >= 4 is 11.8 Å². The third-order valence-electron chi connectivity index (χ3n) is 4.19. The summed E-state index contributed by atoms with van der Waals surface area (Å²) >= 11 is 0. The van der Waals surface area contributed by atoms with Crippen LogP contribution >= 0.6 is 0 Å². The van der Waals surface area contributed by atoms with Crippen molar-refractivity contribution in [1.29, 1.82) is 0 Å². The van der Waals surface area contributed by atoms with E-state index in [2.05, 4.69) is 20.4 Å². The first-order chi connectivity index (χ1) is 12.1. The Hall–Kier alpha value is -2.97. The molecule has 1 aliphatic heterocycles. The summed E-state index contributed by atoms with van der Waals surface area (Å²) in [6, 6.07) is 3.36. The molecule has 0 atom stereocenters.